The van der Waals surface area contributed by atoms with Crippen LogP contribution in [-0.4, -0.2) is 37.4 Å². The second-order valence-corrected chi connectivity index (χ2v) is 8.54. The number of hydrogen-bond acceptors (Lipinski definition) is 6. The Morgan fingerprint density at radius 1 is 1.03 bits per heavy atom. The van der Waals surface area contributed by atoms with Crippen LogP contribution in [0, 0.1) is 0 Å². The van der Waals surface area contributed by atoms with E-state index in [1.54, 1.807) is 38.3 Å². The smallest absolute Gasteiger partial charge is 0.228 e. The van der Waals surface area contributed by atoms with Gasteiger partial charge >= 0.3 is 0 Å². The summed E-state index contributed by atoms with van der Waals surface area (Å²) in [7, 11) is -1.80. The Balaban J connectivity index is 1.71. The zero-order valence-electron chi connectivity index (χ0n) is 16.1. The van der Waals surface area contributed by atoms with Gasteiger partial charge in [0.2, 0.25) is 5.91 Å². The average molecular weight is 411 g/mol. The van der Waals surface area contributed by atoms with Crippen LogP contribution in [0.3, 0.4) is 0 Å². The molecule has 0 saturated heterocycles. The predicted molar refractivity (Wildman–Crippen MR) is 111 cm³/mol. The van der Waals surface area contributed by atoms with E-state index in [1.807, 2.05) is 30.3 Å². The van der Waals surface area contributed by atoms with Crippen LogP contribution in [-0.2, 0) is 21.1 Å². The summed E-state index contributed by atoms with van der Waals surface area (Å²) < 4.78 is 28.8. The lowest BCUT2D eigenvalue weighted by Crippen LogP contribution is -2.14. The Kier molecular flexibility index (Phi) is 6.23. The van der Waals surface area contributed by atoms with Crippen molar-refractivity contribution in [2.24, 2.45) is 0 Å². The lowest BCUT2D eigenvalue weighted by Gasteiger charge is -2.08. The molecular weight excluding hydrogens is 390 g/mol. The van der Waals surface area contributed by atoms with E-state index in [0.29, 0.717) is 11.4 Å². The number of nitrogens with zero attached hydrogens (tertiary/aromatic N) is 2. The fourth-order valence-corrected chi connectivity index (χ4v) is 3.41. The van der Waals surface area contributed by atoms with Crippen molar-refractivity contribution in [2.75, 3.05) is 18.2 Å². The first-order valence-corrected chi connectivity index (χ1v) is 10.7. The lowest BCUT2D eigenvalue weighted by molar-refractivity contribution is -0.115. The van der Waals surface area contributed by atoms with E-state index < -0.39 is 9.84 Å². The third kappa shape index (κ3) is 5.17. The Morgan fingerprint density at radius 2 is 1.79 bits per heavy atom. The maximum atomic E-state index is 12.3. The number of nitrogens with one attached hydrogen (secondary N) is 1. The monoisotopic (exact) mass is 411 g/mol. The quantitative estimate of drug-likeness (QED) is 0.641. The summed E-state index contributed by atoms with van der Waals surface area (Å²) >= 11 is 0. The number of benzene rings is 2. The number of ether oxygens (including phenoxy) is 1. The topological polar surface area (TPSA) is 98.2 Å². The molecule has 0 atom stereocenters. The van der Waals surface area contributed by atoms with Crippen LogP contribution in [0.4, 0.5) is 5.69 Å². The number of carbonyl (C=O) groups is 1. The molecule has 1 amide bonds. The summed E-state index contributed by atoms with van der Waals surface area (Å²) in [5.41, 5.74) is 2.73. The summed E-state index contributed by atoms with van der Waals surface area (Å²) in [5.74, 6) is 0.556. The van der Waals surface area contributed by atoms with Crippen molar-refractivity contribution in [1.29, 1.82) is 0 Å². The molecule has 0 radical (unpaired) electrons. The number of sulfone groups is 1. The average Bonchev–Trinajstić information content (AvgIpc) is 2.74. The number of methoxy groups -OCH3 is 1. The van der Waals surface area contributed by atoms with Gasteiger partial charge in [0.15, 0.2) is 14.9 Å². The summed E-state index contributed by atoms with van der Waals surface area (Å²) in [6.07, 6.45) is 0.234. The van der Waals surface area contributed by atoms with Crippen molar-refractivity contribution < 1.29 is 17.9 Å². The summed E-state index contributed by atoms with van der Waals surface area (Å²) in [6.45, 7) is 1.56. The molecule has 0 saturated carbocycles. The Morgan fingerprint density at radius 3 is 2.41 bits per heavy atom. The lowest BCUT2D eigenvalue weighted by atomic mass is 10.1. The number of anilines is 1. The third-order valence-electron chi connectivity index (χ3n) is 4.30. The molecule has 150 valence electrons. The number of rotatable bonds is 7. The van der Waals surface area contributed by atoms with Crippen molar-refractivity contribution in [2.45, 2.75) is 18.4 Å². The first-order valence-electron chi connectivity index (χ1n) is 9.01. The minimum atomic E-state index is -3.39. The van der Waals surface area contributed by atoms with Gasteiger partial charge in [-0.2, -0.15) is 0 Å². The van der Waals surface area contributed by atoms with Gasteiger partial charge in [-0.15, -0.1) is 10.2 Å². The van der Waals surface area contributed by atoms with E-state index in [0.717, 1.165) is 16.9 Å². The molecule has 1 aromatic heterocycles. The van der Waals surface area contributed by atoms with Crippen molar-refractivity contribution in [3.63, 3.8) is 0 Å². The zero-order chi connectivity index (χ0) is 20.9. The molecule has 0 fully saturated rings. The molecule has 29 heavy (non-hydrogen) atoms. The maximum Gasteiger partial charge on any atom is 0.228 e. The van der Waals surface area contributed by atoms with E-state index in [1.165, 1.54) is 6.07 Å². The molecule has 2 aromatic carbocycles. The van der Waals surface area contributed by atoms with E-state index in [4.69, 9.17) is 4.74 Å². The molecule has 0 aliphatic rings. The highest BCUT2D eigenvalue weighted by atomic mass is 32.2. The van der Waals surface area contributed by atoms with E-state index in [-0.39, 0.29) is 23.1 Å². The van der Waals surface area contributed by atoms with Crippen LogP contribution in [0.15, 0.2) is 65.7 Å². The van der Waals surface area contributed by atoms with Crippen LogP contribution < -0.4 is 10.1 Å². The van der Waals surface area contributed by atoms with Gasteiger partial charge in [-0.1, -0.05) is 31.2 Å². The van der Waals surface area contributed by atoms with Crippen molar-refractivity contribution in [3.05, 3.63) is 66.2 Å². The van der Waals surface area contributed by atoms with Crippen molar-refractivity contribution in [1.82, 2.24) is 10.2 Å². The molecule has 3 rings (SSSR count). The number of aromatic nitrogens is 2. The summed E-state index contributed by atoms with van der Waals surface area (Å²) in [6, 6.07) is 17.5. The molecule has 7 nitrogen and oxygen atoms in total. The SMILES string of the molecule is CCS(=O)(=O)c1ccc(-c2cccc(NC(=O)Cc3ccc(OC)cc3)c2)nn1. The van der Waals surface area contributed by atoms with E-state index in [9.17, 15) is 13.2 Å². The Bertz CT molecular complexity index is 1100. The van der Waals surface area contributed by atoms with E-state index >= 15 is 0 Å². The molecule has 8 heteroatoms. The van der Waals surface area contributed by atoms with Gasteiger partial charge < -0.3 is 10.1 Å². The molecule has 1 heterocycles. The molecule has 0 bridgehead atoms. The number of carbonyl (C=O) groups excluding carboxylic acids is 1. The number of amides is 1. The molecule has 0 spiro atoms. The van der Waals surface area contributed by atoms with Gasteiger partial charge in [0.1, 0.15) is 5.75 Å². The minimum Gasteiger partial charge on any atom is -0.497 e. The van der Waals surface area contributed by atoms with Gasteiger partial charge in [-0.3, -0.25) is 4.79 Å². The first-order chi connectivity index (χ1) is 13.9. The summed E-state index contributed by atoms with van der Waals surface area (Å²) in [4.78, 5) is 12.3. The second-order valence-electron chi connectivity index (χ2n) is 6.31. The minimum absolute atomic E-state index is 0.0310. The Labute approximate surface area is 169 Å². The normalized spacial score (nSPS) is 11.1. The zero-order valence-corrected chi connectivity index (χ0v) is 16.9. The highest BCUT2D eigenvalue weighted by Crippen LogP contribution is 2.21. The highest BCUT2D eigenvalue weighted by Gasteiger charge is 2.14. The van der Waals surface area contributed by atoms with Gasteiger partial charge in [0.25, 0.3) is 0 Å². The van der Waals surface area contributed by atoms with E-state index in [2.05, 4.69) is 15.5 Å². The van der Waals surface area contributed by atoms with Gasteiger partial charge in [-0.05, 0) is 42.0 Å². The summed E-state index contributed by atoms with van der Waals surface area (Å²) in [5, 5.41) is 10.6. The highest BCUT2D eigenvalue weighted by molar-refractivity contribution is 7.91. The predicted octanol–water partition coefficient (Wildman–Crippen LogP) is 3.13. The fraction of sp³-hybridized carbons (Fsp3) is 0.190. The van der Waals surface area contributed by atoms with Crippen LogP contribution in [0.2, 0.25) is 0 Å². The van der Waals surface area contributed by atoms with Crippen LogP contribution in [0.1, 0.15) is 12.5 Å². The van der Waals surface area contributed by atoms with Gasteiger partial charge in [0.05, 0.1) is 25.0 Å². The maximum absolute atomic E-state index is 12.3. The number of hydrogen-bond donors (Lipinski definition) is 1. The van der Waals surface area contributed by atoms with Crippen molar-refractivity contribution in [3.8, 4) is 17.0 Å². The van der Waals surface area contributed by atoms with Gasteiger partial charge in [0, 0.05) is 11.3 Å². The second kappa shape index (κ2) is 8.83. The fourth-order valence-electron chi connectivity index (χ4n) is 2.68. The van der Waals surface area contributed by atoms with Crippen LogP contribution in [0.25, 0.3) is 11.3 Å². The van der Waals surface area contributed by atoms with Crippen molar-refractivity contribution >= 4 is 21.4 Å². The molecule has 0 aliphatic carbocycles. The first kappa shape index (κ1) is 20.5. The largest absolute Gasteiger partial charge is 0.497 e. The molecule has 3 aromatic rings. The Hall–Kier alpha value is -3.26. The van der Waals surface area contributed by atoms with Gasteiger partial charge in [-0.25, -0.2) is 8.42 Å². The van der Waals surface area contributed by atoms with Crippen LogP contribution in [0.5, 0.6) is 5.75 Å². The standard InChI is InChI=1S/C21H21N3O4S/c1-3-29(26,27)21-12-11-19(23-24-21)16-5-4-6-17(14-16)22-20(25)13-15-7-9-18(28-2)10-8-15/h4-12,14H,3,13H2,1-2H3,(H,22,25). The molecule has 0 unspecified atom stereocenters. The third-order valence-corrected chi connectivity index (χ3v) is 5.92. The van der Waals surface area contributed by atoms with Crippen LogP contribution >= 0.6 is 0 Å². The molecule has 1 N–H and O–H groups in total. The molecular formula is C21H21N3O4S. The molecule has 0 aliphatic heterocycles.